The third-order valence-electron chi connectivity index (χ3n) is 6.11. The van der Waals surface area contributed by atoms with Crippen LogP contribution in [0.4, 0.5) is 18.0 Å². The molecule has 2 fully saturated rings. The summed E-state index contributed by atoms with van der Waals surface area (Å²) in [6.07, 6.45) is -2.47. The van der Waals surface area contributed by atoms with Crippen LogP contribution in [0.5, 0.6) is 0 Å². The van der Waals surface area contributed by atoms with Crippen LogP contribution >= 0.6 is 0 Å². The van der Waals surface area contributed by atoms with Gasteiger partial charge in [-0.1, -0.05) is 6.07 Å². The lowest BCUT2D eigenvalue weighted by atomic mass is 9.68. The minimum atomic E-state index is -4.42. The molecule has 1 aliphatic heterocycles. The molecule has 3 rings (SSSR count). The highest BCUT2D eigenvalue weighted by atomic mass is 19.4. The average Bonchev–Trinajstić information content (AvgIpc) is 2.64. The Morgan fingerprint density at radius 3 is 2.13 bits per heavy atom. The molecule has 0 aromatic heterocycles. The molecule has 0 spiro atoms. The molecule has 1 aromatic carbocycles. The predicted molar refractivity (Wildman–Crippen MR) is 109 cm³/mol. The zero-order valence-corrected chi connectivity index (χ0v) is 18.4. The number of likely N-dealkylation sites (tertiary alicyclic amines) is 1. The van der Waals surface area contributed by atoms with Crippen LogP contribution in [-0.4, -0.2) is 42.8 Å². The highest BCUT2D eigenvalue weighted by Gasteiger charge is 2.40. The fraction of sp³-hybridized carbons (Fsp3) is 0.652. The molecule has 0 N–H and O–H groups in total. The molecule has 0 bridgehead atoms. The van der Waals surface area contributed by atoms with E-state index in [1.165, 1.54) is 13.2 Å². The number of alkyl halides is 3. The largest absolute Gasteiger partial charge is 0.469 e. The van der Waals surface area contributed by atoms with Crippen LogP contribution in [0.15, 0.2) is 18.2 Å². The maximum absolute atomic E-state index is 13.3. The lowest BCUT2D eigenvalue weighted by molar-refractivity contribution is -0.149. The van der Waals surface area contributed by atoms with Crippen molar-refractivity contribution in [2.75, 3.05) is 20.2 Å². The topological polar surface area (TPSA) is 55.8 Å². The second kappa shape index (κ2) is 8.71. The second-order valence-electron chi connectivity index (χ2n) is 9.47. The normalized spacial score (nSPS) is 22.6. The molecule has 2 aliphatic rings. The molecular weight excluding hydrogens is 411 g/mol. The van der Waals surface area contributed by atoms with Gasteiger partial charge in [-0.3, -0.25) is 4.79 Å². The van der Waals surface area contributed by atoms with Gasteiger partial charge in [-0.15, -0.1) is 0 Å². The summed E-state index contributed by atoms with van der Waals surface area (Å²) in [6.45, 7) is 6.43. The molecule has 31 heavy (non-hydrogen) atoms. The van der Waals surface area contributed by atoms with E-state index in [4.69, 9.17) is 9.47 Å². The smallest absolute Gasteiger partial charge is 0.416 e. The van der Waals surface area contributed by atoms with Gasteiger partial charge in [0.05, 0.1) is 18.6 Å². The van der Waals surface area contributed by atoms with Crippen LogP contribution in [0.2, 0.25) is 0 Å². The first-order chi connectivity index (χ1) is 14.4. The van der Waals surface area contributed by atoms with Crippen LogP contribution in [0.3, 0.4) is 0 Å². The number of carbonyl (C=O) groups is 2. The number of benzene rings is 1. The zero-order chi connectivity index (χ0) is 23.0. The third kappa shape index (κ3) is 5.52. The predicted octanol–water partition coefficient (Wildman–Crippen LogP) is 5.49. The first-order valence-corrected chi connectivity index (χ1v) is 10.7. The summed E-state index contributed by atoms with van der Waals surface area (Å²) in [5.41, 5.74) is 0.323. The van der Waals surface area contributed by atoms with Gasteiger partial charge in [0.1, 0.15) is 5.60 Å². The molecule has 172 valence electrons. The Morgan fingerprint density at radius 2 is 1.61 bits per heavy atom. The molecule has 5 nitrogen and oxygen atoms in total. The number of amides is 1. The summed E-state index contributed by atoms with van der Waals surface area (Å²) < 4.78 is 50.2. The number of hydrogen-bond acceptors (Lipinski definition) is 4. The maximum Gasteiger partial charge on any atom is 0.416 e. The van der Waals surface area contributed by atoms with Crippen molar-refractivity contribution >= 4 is 12.1 Å². The maximum atomic E-state index is 13.3. The van der Waals surface area contributed by atoms with Crippen molar-refractivity contribution in [3.8, 4) is 0 Å². The van der Waals surface area contributed by atoms with Crippen molar-refractivity contribution in [1.29, 1.82) is 0 Å². The number of carbonyl (C=O) groups excluding carboxylic acids is 2. The molecule has 1 saturated heterocycles. The van der Waals surface area contributed by atoms with Gasteiger partial charge in [0.25, 0.3) is 0 Å². The summed E-state index contributed by atoms with van der Waals surface area (Å²) in [4.78, 5) is 25.7. The number of halogens is 3. The molecular formula is C23H30F3NO4. The fourth-order valence-corrected chi connectivity index (χ4v) is 4.41. The first kappa shape index (κ1) is 23.4. The van der Waals surface area contributed by atoms with E-state index in [2.05, 4.69) is 0 Å². The lowest BCUT2D eigenvalue weighted by Crippen LogP contribution is -2.41. The van der Waals surface area contributed by atoms with E-state index in [0.717, 1.165) is 11.6 Å². The molecule has 0 radical (unpaired) electrons. The van der Waals surface area contributed by atoms with Crippen molar-refractivity contribution in [2.45, 2.75) is 70.1 Å². The molecule has 8 heteroatoms. The summed E-state index contributed by atoms with van der Waals surface area (Å²) in [6, 6.07) is 3.96. The number of piperidine rings is 1. The van der Waals surface area contributed by atoms with E-state index in [-0.39, 0.29) is 29.8 Å². The van der Waals surface area contributed by atoms with E-state index in [0.29, 0.717) is 44.3 Å². The number of rotatable bonds is 3. The Hall–Kier alpha value is -2.25. The van der Waals surface area contributed by atoms with Gasteiger partial charge in [0.2, 0.25) is 0 Å². The van der Waals surface area contributed by atoms with Crippen molar-refractivity contribution in [3.05, 3.63) is 34.9 Å². The van der Waals surface area contributed by atoms with Crippen LogP contribution in [0.25, 0.3) is 0 Å². The molecule has 0 unspecified atom stereocenters. The van der Waals surface area contributed by atoms with Crippen LogP contribution < -0.4 is 0 Å². The minimum absolute atomic E-state index is 0.0631. The van der Waals surface area contributed by atoms with E-state index in [1.807, 2.05) is 20.8 Å². The van der Waals surface area contributed by atoms with E-state index < -0.39 is 17.3 Å². The van der Waals surface area contributed by atoms with Gasteiger partial charge in [-0.2, -0.15) is 13.2 Å². The van der Waals surface area contributed by atoms with Gasteiger partial charge in [-0.25, -0.2) is 4.79 Å². The molecule has 1 aromatic rings. The molecule has 0 atom stereocenters. The number of nitrogens with zero attached hydrogens (tertiary/aromatic N) is 1. The number of ether oxygens (including phenoxy) is 2. The Morgan fingerprint density at radius 1 is 1.00 bits per heavy atom. The summed E-state index contributed by atoms with van der Waals surface area (Å²) >= 11 is 0. The Labute approximate surface area is 180 Å². The molecule has 1 aliphatic carbocycles. The minimum Gasteiger partial charge on any atom is -0.469 e. The van der Waals surface area contributed by atoms with Crippen molar-refractivity contribution in [2.24, 2.45) is 5.92 Å². The molecule has 1 amide bonds. The number of methoxy groups -OCH3 is 1. The highest BCUT2D eigenvalue weighted by molar-refractivity contribution is 5.74. The average molecular weight is 441 g/mol. The summed E-state index contributed by atoms with van der Waals surface area (Å²) in [7, 11) is 1.32. The summed E-state index contributed by atoms with van der Waals surface area (Å²) in [5, 5.41) is 0. The van der Waals surface area contributed by atoms with Crippen LogP contribution in [0.1, 0.15) is 75.0 Å². The van der Waals surface area contributed by atoms with Crippen LogP contribution in [-0.2, 0) is 20.4 Å². The van der Waals surface area contributed by atoms with E-state index in [9.17, 15) is 22.8 Å². The van der Waals surface area contributed by atoms with Crippen molar-refractivity contribution in [1.82, 2.24) is 4.90 Å². The van der Waals surface area contributed by atoms with Crippen LogP contribution in [0, 0.1) is 5.92 Å². The van der Waals surface area contributed by atoms with Gasteiger partial charge < -0.3 is 14.4 Å². The fourth-order valence-electron chi connectivity index (χ4n) is 4.41. The number of hydrogen-bond donors (Lipinski definition) is 0. The standard InChI is InChI=1S/C23H30F3NO4/c1-22(2,3)31-21(29)27-9-7-14(8-10-27)18-6-5-17(23(24,25)26)13-19(18)15-11-16(12-15)20(28)30-4/h5-6,13-16H,7-12H2,1-4H3. The van der Waals surface area contributed by atoms with Crippen molar-refractivity contribution in [3.63, 3.8) is 0 Å². The Bertz CT molecular complexity index is 817. The van der Waals surface area contributed by atoms with Gasteiger partial charge in [-0.05, 0) is 81.5 Å². The SMILES string of the molecule is COC(=O)C1CC(c2cc(C(F)(F)F)ccc2C2CCN(C(=O)OC(C)(C)C)CC2)C1. The van der Waals surface area contributed by atoms with E-state index in [1.54, 1.807) is 11.0 Å². The Kier molecular flexibility index (Phi) is 6.58. The van der Waals surface area contributed by atoms with Gasteiger partial charge in [0, 0.05) is 13.1 Å². The molecule has 1 heterocycles. The Balaban J connectivity index is 1.75. The third-order valence-corrected chi connectivity index (χ3v) is 6.11. The lowest BCUT2D eigenvalue weighted by Gasteiger charge is -2.38. The van der Waals surface area contributed by atoms with Crippen molar-refractivity contribution < 1.29 is 32.2 Å². The molecule has 1 saturated carbocycles. The zero-order valence-electron chi connectivity index (χ0n) is 18.4. The monoisotopic (exact) mass is 441 g/mol. The summed E-state index contributed by atoms with van der Waals surface area (Å²) in [5.74, 6) is -0.597. The van der Waals surface area contributed by atoms with Gasteiger partial charge >= 0.3 is 18.2 Å². The highest BCUT2D eigenvalue weighted by Crippen LogP contribution is 2.47. The first-order valence-electron chi connectivity index (χ1n) is 10.7. The van der Waals surface area contributed by atoms with Gasteiger partial charge in [0.15, 0.2) is 0 Å². The number of esters is 1. The quantitative estimate of drug-likeness (QED) is 0.583. The second-order valence-corrected chi connectivity index (χ2v) is 9.47. The van der Waals surface area contributed by atoms with E-state index >= 15 is 0 Å².